The molecule has 1 aliphatic heterocycles. The molecule has 0 radical (unpaired) electrons. The molecule has 5 rings (SSSR count). The predicted octanol–water partition coefficient (Wildman–Crippen LogP) is 7.45. The van der Waals surface area contributed by atoms with E-state index in [9.17, 15) is 22.4 Å². The summed E-state index contributed by atoms with van der Waals surface area (Å²) in [5.74, 6) is -0.876. The Morgan fingerprint density at radius 2 is 1.60 bits per heavy atom. The molecule has 0 aliphatic carbocycles. The van der Waals surface area contributed by atoms with Crippen molar-refractivity contribution in [2.75, 3.05) is 13.2 Å². The van der Waals surface area contributed by atoms with Gasteiger partial charge in [0.2, 0.25) is 5.90 Å². The van der Waals surface area contributed by atoms with Gasteiger partial charge in [-0.25, -0.2) is 14.8 Å². The lowest BCUT2D eigenvalue weighted by molar-refractivity contribution is -0.138. The SMILES string of the molecule is O=C(NNCc1cc(F)cc(C(F)(F)F)c1)[C@@]1(Cc2ccc(Br)cc2)N=C(c2ccc(OCCCO)cc2)O[C@H]1c1ccc(Br)cc1. The van der Waals surface area contributed by atoms with Crippen molar-refractivity contribution in [1.82, 2.24) is 10.9 Å². The van der Waals surface area contributed by atoms with Crippen LogP contribution in [0.2, 0.25) is 0 Å². The Bertz CT molecular complexity index is 1720. The van der Waals surface area contributed by atoms with Gasteiger partial charge in [-0.2, -0.15) is 13.2 Å². The second kappa shape index (κ2) is 15.0. The van der Waals surface area contributed by atoms with Crippen molar-refractivity contribution >= 4 is 43.7 Å². The van der Waals surface area contributed by atoms with E-state index < -0.39 is 35.1 Å². The van der Waals surface area contributed by atoms with Crippen LogP contribution in [0.4, 0.5) is 17.6 Å². The van der Waals surface area contributed by atoms with E-state index in [2.05, 4.69) is 42.7 Å². The summed E-state index contributed by atoms with van der Waals surface area (Å²) < 4.78 is 67.6. The average molecular weight is 779 g/mol. The highest BCUT2D eigenvalue weighted by Gasteiger charge is 2.53. The molecule has 0 bridgehead atoms. The molecule has 47 heavy (non-hydrogen) atoms. The van der Waals surface area contributed by atoms with E-state index in [1.807, 2.05) is 48.5 Å². The van der Waals surface area contributed by atoms with E-state index in [-0.39, 0.29) is 31.0 Å². The Hall–Kier alpha value is -3.78. The van der Waals surface area contributed by atoms with Gasteiger partial charge in [0, 0.05) is 40.5 Å². The first-order valence-electron chi connectivity index (χ1n) is 14.5. The number of ether oxygens (including phenoxy) is 2. The number of nitrogens with one attached hydrogen (secondary N) is 2. The van der Waals surface area contributed by atoms with Gasteiger partial charge in [0.25, 0.3) is 5.91 Å². The summed E-state index contributed by atoms with van der Waals surface area (Å²) in [6, 6.07) is 23.8. The topological polar surface area (TPSA) is 92.2 Å². The van der Waals surface area contributed by atoms with Gasteiger partial charge in [-0.1, -0.05) is 56.1 Å². The Labute approximate surface area is 285 Å². The summed E-state index contributed by atoms with van der Waals surface area (Å²) in [5.41, 5.74) is 4.54. The minimum Gasteiger partial charge on any atom is -0.494 e. The number of aliphatic hydroxyl groups is 1. The lowest BCUT2D eigenvalue weighted by atomic mass is 9.82. The van der Waals surface area contributed by atoms with E-state index in [1.165, 1.54) is 0 Å². The van der Waals surface area contributed by atoms with Crippen LogP contribution in [0.25, 0.3) is 0 Å². The predicted molar refractivity (Wildman–Crippen MR) is 175 cm³/mol. The van der Waals surface area contributed by atoms with Crippen LogP contribution in [0.15, 0.2) is 105 Å². The van der Waals surface area contributed by atoms with Gasteiger partial charge in [-0.15, -0.1) is 0 Å². The van der Waals surface area contributed by atoms with Gasteiger partial charge >= 0.3 is 6.18 Å². The number of rotatable bonds is 12. The number of hydrazine groups is 1. The van der Waals surface area contributed by atoms with Crippen molar-refractivity contribution in [3.05, 3.63) is 134 Å². The summed E-state index contributed by atoms with van der Waals surface area (Å²) in [7, 11) is 0. The van der Waals surface area contributed by atoms with E-state index in [1.54, 1.807) is 24.3 Å². The van der Waals surface area contributed by atoms with E-state index in [0.29, 0.717) is 36.0 Å². The third kappa shape index (κ3) is 8.58. The standard InChI is InChI=1S/C34H29Br2F4N3O4/c35-26-8-2-21(3-9-26)19-33(32(45)43-41-20-22-16-25(34(38,39)40)18-28(37)17-22)30(23-4-10-27(36)11-5-23)47-31(42-33)24-6-12-29(13-7-24)46-15-1-14-44/h2-13,16-18,30,41,44H,1,14-15,19-20H2,(H,43,45)/t30-,33-/m0/s1. The van der Waals surface area contributed by atoms with Crippen LogP contribution in [0.1, 0.15) is 40.3 Å². The molecule has 0 saturated carbocycles. The molecule has 13 heteroatoms. The zero-order chi connectivity index (χ0) is 33.6. The van der Waals surface area contributed by atoms with Gasteiger partial charge < -0.3 is 14.6 Å². The molecular weight excluding hydrogens is 750 g/mol. The molecule has 246 valence electrons. The monoisotopic (exact) mass is 777 g/mol. The summed E-state index contributed by atoms with van der Waals surface area (Å²) in [4.78, 5) is 19.2. The molecular formula is C34H29Br2F4N3O4. The number of alkyl halides is 3. The van der Waals surface area contributed by atoms with Crippen LogP contribution < -0.4 is 15.6 Å². The quantitative estimate of drug-likeness (QED) is 0.0790. The Morgan fingerprint density at radius 1 is 0.936 bits per heavy atom. The molecule has 1 amide bonds. The van der Waals surface area contributed by atoms with Crippen LogP contribution in [-0.4, -0.2) is 35.7 Å². The van der Waals surface area contributed by atoms with E-state index in [4.69, 9.17) is 19.6 Å². The average Bonchev–Trinajstić information content (AvgIpc) is 3.42. The highest BCUT2D eigenvalue weighted by molar-refractivity contribution is 9.10. The first kappa shape index (κ1) is 34.6. The molecule has 4 aromatic carbocycles. The lowest BCUT2D eigenvalue weighted by Crippen LogP contribution is -2.53. The van der Waals surface area contributed by atoms with Gasteiger partial charge in [0.15, 0.2) is 11.6 Å². The number of hydrogen-bond acceptors (Lipinski definition) is 6. The number of aliphatic hydroxyl groups excluding tert-OH is 1. The number of benzene rings is 4. The maximum Gasteiger partial charge on any atom is 0.416 e. The van der Waals surface area contributed by atoms with Gasteiger partial charge in [0.1, 0.15) is 11.6 Å². The summed E-state index contributed by atoms with van der Waals surface area (Å²) >= 11 is 6.88. The van der Waals surface area contributed by atoms with E-state index in [0.717, 1.165) is 26.6 Å². The second-order valence-corrected chi connectivity index (χ2v) is 12.6. The number of hydrogen-bond donors (Lipinski definition) is 3. The minimum absolute atomic E-state index is 0.00831. The number of amides is 1. The molecule has 7 nitrogen and oxygen atoms in total. The molecule has 0 aromatic heterocycles. The second-order valence-electron chi connectivity index (χ2n) is 10.8. The molecule has 0 fully saturated rings. The first-order chi connectivity index (χ1) is 22.5. The van der Waals surface area contributed by atoms with E-state index >= 15 is 0 Å². The third-order valence-electron chi connectivity index (χ3n) is 7.37. The van der Waals surface area contributed by atoms with Crippen molar-refractivity contribution in [1.29, 1.82) is 0 Å². The molecule has 0 spiro atoms. The van der Waals surface area contributed by atoms with Crippen molar-refractivity contribution in [3.8, 4) is 5.75 Å². The molecule has 0 unspecified atom stereocenters. The number of carbonyl (C=O) groups excluding carboxylic acids is 1. The zero-order valence-electron chi connectivity index (χ0n) is 24.7. The van der Waals surface area contributed by atoms with Crippen molar-refractivity contribution in [3.63, 3.8) is 0 Å². The highest BCUT2D eigenvalue weighted by Crippen LogP contribution is 2.43. The van der Waals surface area contributed by atoms with Crippen LogP contribution in [0.3, 0.4) is 0 Å². The maximum absolute atomic E-state index is 14.3. The number of nitrogens with zero attached hydrogens (tertiary/aromatic N) is 1. The van der Waals surface area contributed by atoms with Crippen LogP contribution in [0, 0.1) is 5.82 Å². The minimum atomic E-state index is -4.73. The molecule has 3 N–H and O–H groups in total. The van der Waals surface area contributed by atoms with Gasteiger partial charge in [-0.3, -0.25) is 10.2 Å². The van der Waals surface area contributed by atoms with Gasteiger partial charge in [-0.05, 0) is 83.4 Å². The molecule has 1 aliphatic rings. The summed E-state index contributed by atoms with van der Waals surface area (Å²) in [6.07, 6.45) is -5.07. The fourth-order valence-electron chi connectivity index (χ4n) is 5.08. The normalized spacial score (nSPS) is 17.6. The summed E-state index contributed by atoms with van der Waals surface area (Å²) in [6.45, 7) is 0.0585. The Balaban J connectivity index is 1.50. The van der Waals surface area contributed by atoms with Crippen molar-refractivity contribution in [2.45, 2.75) is 37.2 Å². The number of aliphatic imine (C=N–C) groups is 1. The van der Waals surface area contributed by atoms with Crippen LogP contribution in [0.5, 0.6) is 5.75 Å². The third-order valence-corrected chi connectivity index (χ3v) is 8.43. The Kier molecular flexibility index (Phi) is 11.0. The van der Waals surface area contributed by atoms with Gasteiger partial charge in [0.05, 0.1) is 12.2 Å². The molecule has 0 saturated heterocycles. The molecule has 4 aromatic rings. The van der Waals surface area contributed by atoms with Crippen LogP contribution in [-0.2, 0) is 28.7 Å². The maximum atomic E-state index is 14.3. The number of halogens is 6. The first-order valence-corrected chi connectivity index (χ1v) is 16.1. The zero-order valence-corrected chi connectivity index (χ0v) is 27.8. The van der Waals surface area contributed by atoms with Crippen molar-refractivity contribution in [2.24, 2.45) is 4.99 Å². The molecule has 2 atom stereocenters. The molecule has 1 heterocycles. The smallest absolute Gasteiger partial charge is 0.416 e. The lowest BCUT2D eigenvalue weighted by Gasteiger charge is -2.31. The Morgan fingerprint density at radius 3 is 2.23 bits per heavy atom. The number of carbonyl (C=O) groups is 1. The summed E-state index contributed by atoms with van der Waals surface area (Å²) in [5, 5.41) is 9.03. The van der Waals surface area contributed by atoms with Crippen molar-refractivity contribution < 1.29 is 36.9 Å². The fourth-order valence-corrected chi connectivity index (χ4v) is 5.61. The largest absolute Gasteiger partial charge is 0.494 e. The highest BCUT2D eigenvalue weighted by atomic mass is 79.9. The fraction of sp³-hybridized carbons (Fsp3) is 0.235. The van der Waals surface area contributed by atoms with Crippen LogP contribution >= 0.6 is 31.9 Å².